The standard InChI is InChI=1S/C28H23ClF4N6O2/c29-18-2-1-17(22(30)8-18)15-41-27-21(28(31,32)33)7-16-3-5-38(13-24(16)37-27)14-26-36-23-9-19(10-34)35-11-25(23)39(26)12-20-4-6-40-20/h1-2,7-9,11,20H,3-6,12-15H2/t20-/m0/s1. The molecule has 0 aliphatic carbocycles. The molecule has 1 atom stereocenters. The zero-order chi connectivity index (χ0) is 28.7. The first-order valence-electron chi connectivity index (χ1n) is 12.9. The number of halogens is 5. The summed E-state index contributed by atoms with van der Waals surface area (Å²) in [4.78, 5) is 15.3. The molecule has 1 saturated heterocycles. The molecule has 1 fully saturated rings. The number of nitrogens with zero attached hydrogens (tertiary/aromatic N) is 6. The lowest BCUT2D eigenvalue weighted by atomic mass is 10.0. The predicted octanol–water partition coefficient (Wildman–Crippen LogP) is 5.44. The van der Waals surface area contributed by atoms with Crippen molar-refractivity contribution in [3.63, 3.8) is 0 Å². The minimum absolute atomic E-state index is 0.0523. The fraction of sp³-hybridized carbons (Fsp3) is 0.357. The summed E-state index contributed by atoms with van der Waals surface area (Å²) in [5.41, 5.74) is 1.68. The van der Waals surface area contributed by atoms with Crippen LogP contribution in [0.1, 0.15) is 40.3 Å². The van der Waals surface area contributed by atoms with Gasteiger partial charge >= 0.3 is 6.18 Å². The Kier molecular flexibility index (Phi) is 7.27. The van der Waals surface area contributed by atoms with Crippen molar-refractivity contribution in [2.75, 3.05) is 13.2 Å². The Morgan fingerprint density at radius 2 is 2.02 bits per heavy atom. The van der Waals surface area contributed by atoms with Gasteiger partial charge < -0.3 is 14.0 Å². The van der Waals surface area contributed by atoms with Crippen molar-refractivity contribution in [1.29, 1.82) is 5.26 Å². The number of pyridine rings is 2. The van der Waals surface area contributed by atoms with Gasteiger partial charge in [0.05, 0.1) is 42.1 Å². The lowest BCUT2D eigenvalue weighted by Crippen LogP contribution is -2.34. The molecule has 0 radical (unpaired) electrons. The number of nitriles is 1. The second-order valence-electron chi connectivity index (χ2n) is 10.0. The van der Waals surface area contributed by atoms with Crippen LogP contribution in [-0.2, 0) is 43.6 Å². The summed E-state index contributed by atoms with van der Waals surface area (Å²) in [6.07, 6.45) is -1.74. The maximum Gasteiger partial charge on any atom is 0.421 e. The van der Waals surface area contributed by atoms with Gasteiger partial charge in [-0.1, -0.05) is 17.7 Å². The predicted molar refractivity (Wildman–Crippen MR) is 139 cm³/mol. The SMILES string of the molecule is N#Cc1cc2nc(CN3CCc4cc(C(F)(F)F)c(OCc5ccc(Cl)cc5F)nc4C3)n(C[C@@H]3CCO3)c2cn1. The Bertz CT molecular complexity index is 1660. The third-order valence-corrected chi connectivity index (χ3v) is 7.52. The zero-order valence-electron chi connectivity index (χ0n) is 21.6. The van der Waals surface area contributed by atoms with Crippen LogP contribution in [0, 0.1) is 17.1 Å². The second-order valence-corrected chi connectivity index (χ2v) is 10.5. The van der Waals surface area contributed by atoms with Crippen molar-refractivity contribution in [3.8, 4) is 11.9 Å². The first kappa shape index (κ1) is 27.4. The maximum atomic E-state index is 14.2. The first-order valence-corrected chi connectivity index (χ1v) is 13.3. The third-order valence-electron chi connectivity index (χ3n) is 7.28. The topological polar surface area (TPSA) is 89.1 Å². The molecule has 0 amide bonds. The van der Waals surface area contributed by atoms with Gasteiger partial charge in [-0.3, -0.25) is 4.90 Å². The van der Waals surface area contributed by atoms with Crippen LogP contribution >= 0.6 is 11.6 Å². The molecular weight excluding hydrogens is 564 g/mol. The quantitative estimate of drug-likeness (QED) is 0.267. The maximum absolute atomic E-state index is 14.2. The van der Waals surface area contributed by atoms with E-state index >= 15 is 0 Å². The minimum Gasteiger partial charge on any atom is -0.472 e. The highest BCUT2D eigenvalue weighted by Crippen LogP contribution is 2.38. The summed E-state index contributed by atoms with van der Waals surface area (Å²) in [5, 5.41) is 9.42. The van der Waals surface area contributed by atoms with Crippen LogP contribution in [0.3, 0.4) is 0 Å². The molecule has 4 aromatic rings. The normalized spacial score (nSPS) is 17.2. The summed E-state index contributed by atoms with van der Waals surface area (Å²) in [7, 11) is 0. The van der Waals surface area contributed by atoms with Gasteiger partial charge in [0, 0.05) is 36.3 Å². The molecule has 1 aromatic carbocycles. The molecule has 2 aliphatic heterocycles. The molecule has 8 nitrogen and oxygen atoms in total. The van der Waals surface area contributed by atoms with Crippen LogP contribution < -0.4 is 4.74 Å². The summed E-state index contributed by atoms with van der Waals surface area (Å²) < 4.78 is 69.0. The van der Waals surface area contributed by atoms with Gasteiger partial charge in [0.2, 0.25) is 5.88 Å². The van der Waals surface area contributed by atoms with Gasteiger partial charge in [-0.15, -0.1) is 0 Å². The fourth-order valence-electron chi connectivity index (χ4n) is 5.02. The number of aromatic nitrogens is 4. The second kappa shape index (κ2) is 10.9. The lowest BCUT2D eigenvalue weighted by Gasteiger charge is -2.30. The molecule has 13 heteroatoms. The number of imidazole rings is 1. The molecule has 5 heterocycles. The van der Waals surface area contributed by atoms with Crippen LogP contribution in [0.25, 0.3) is 11.0 Å². The van der Waals surface area contributed by atoms with E-state index in [-0.39, 0.29) is 28.9 Å². The molecule has 41 heavy (non-hydrogen) atoms. The number of benzene rings is 1. The lowest BCUT2D eigenvalue weighted by molar-refractivity contribution is -0.139. The van der Waals surface area contributed by atoms with Gasteiger partial charge in [0.25, 0.3) is 0 Å². The third kappa shape index (κ3) is 5.70. The van der Waals surface area contributed by atoms with Crippen LogP contribution in [0.4, 0.5) is 17.6 Å². The van der Waals surface area contributed by atoms with Crippen LogP contribution in [0.5, 0.6) is 5.88 Å². The summed E-state index contributed by atoms with van der Waals surface area (Å²) in [6, 6.07) is 8.61. The van der Waals surface area contributed by atoms with Gasteiger partial charge in [0.1, 0.15) is 35.6 Å². The van der Waals surface area contributed by atoms with E-state index in [4.69, 9.17) is 26.1 Å². The van der Waals surface area contributed by atoms with Crippen LogP contribution in [-0.4, -0.2) is 43.7 Å². The van der Waals surface area contributed by atoms with Crippen molar-refractivity contribution >= 4 is 22.6 Å². The number of fused-ring (bicyclic) bond motifs is 2. The van der Waals surface area contributed by atoms with Gasteiger partial charge in [0.15, 0.2) is 0 Å². The molecule has 0 spiro atoms. The van der Waals surface area contributed by atoms with Crippen molar-refractivity contribution in [1.82, 2.24) is 24.4 Å². The molecule has 6 rings (SSSR count). The highest BCUT2D eigenvalue weighted by molar-refractivity contribution is 6.30. The number of hydrogen-bond acceptors (Lipinski definition) is 7. The Morgan fingerprint density at radius 3 is 2.73 bits per heavy atom. The van der Waals surface area contributed by atoms with E-state index < -0.39 is 30.0 Å². The number of ether oxygens (including phenoxy) is 2. The molecule has 2 aliphatic rings. The Balaban J connectivity index is 1.27. The van der Waals surface area contributed by atoms with Gasteiger partial charge in [-0.2, -0.15) is 18.4 Å². The molecular formula is C28H23ClF4N6O2. The summed E-state index contributed by atoms with van der Waals surface area (Å²) in [6.45, 7) is 2.01. The largest absolute Gasteiger partial charge is 0.472 e. The van der Waals surface area contributed by atoms with E-state index in [0.717, 1.165) is 29.9 Å². The monoisotopic (exact) mass is 586 g/mol. The molecule has 0 N–H and O–H groups in total. The van der Waals surface area contributed by atoms with Crippen molar-refractivity contribution in [2.24, 2.45) is 0 Å². The van der Waals surface area contributed by atoms with Crippen molar-refractivity contribution in [2.45, 2.75) is 51.4 Å². The van der Waals surface area contributed by atoms with Gasteiger partial charge in [-0.05, 0) is 36.6 Å². The number of rotatable bonds is 7. The van der Waals surface area contributed by atoms with E-state index in [0.29, 0.717) is 49.4 Å². The Morgan fingerprint density at radius 1 is 1.20 bits per heavy atom. The highest BCUT2D eigenvalue weighted by atomic mass is 35.5. The van der Waals surface area contributed by atoms with Crippen molar-refractivity contribution < 1.29 is 27.0 Å². The van der Waals surface area contributed by atoms with E-state index in [9.17, 15) is 22.8 Å². The average molecular weight is 587 g/mol. The molecule has 0 bridgehead atoms. The number of alkyl halides is 3. The fourth-order valence-corrected chi connectivity index (χ4v) is 5.18. The average Bonchev–Trinajstić information content (AvgIpc) is 3.24. The minimum atomic E-state index is -4.70. The van der Waals surface area contributed by atoms with E-state index in [1.807, 2.05) is 15.5 Å². The van der Waals surface area contributed by atoms with Crippen molar-refractivity contribution in [3.05, 3.63) is 81.3 Å². The Labute approximate surface area is 237 Å². The summed E-state index contributed by atoms with van der Waals surface area (Å²) >= 11 is 5.78. The van der Waals surface area contributed by atoms with E-state index in [1.54, 1.807) is 12.3 Å². The van der Waals surface area contributed by atoms with Gasteiger partial charge in [-0.25, -0.2) is 19.3 Å². The summed E-state index contributed by atoms with van der Waals surface area (Å²) in [5.74, 6) is -0.545. The Hall–Kier alpha value is -3.79. The first-order chi connectivity index (χ1) is 19.7. The highest BCUT2D eigenvalue weighted by Gasteiger charge is 2.37. The number of hydrogen-bond donors (Lipinski definition) is 0. The van der Waals surface area contributed by atoms with Crippen LogP contribution in [0.15, 0.2) is 36.5 Å². The van der Waals surface area contributed by atoms with E-state index in [2.05, 4.69) is 9.97 Å². The van der Waals surface area contributed by atoms with E-state index in [1.165, 1.54) is 12.1 Å². The zero-order valence-corrected chi connectivity index (χ0v) is 22.3. The smallest absolute Gasteiger partial charge is 0.421 e. The van der Waals surface area contributed by atoms with Crippen LogP contribution in [0.2, 0.25) is 5.02 Å². The molecule has 212 valence electrons. The molecule has 0 saturated carbocycles. The molecule has 0 unspecified atom stereocenters. The molecule has 3 aromatic heterocycles.